The van der Waals surface area contributed by atoms with Crippen LogP contribution in [0.25, 0.3) is 0 Å². The first-order valence-electron chi connectivity index (χ1n) is 6.20. The first kappa shape index (κ1) is 17.1. The van der Waals surface area contributed by atoms with E-state index in [0.717, 1.165) is 12.3 Å². The molecule has 0 saturated heterocycles. The summed E-state index contributed by atoms with van der Waals surface area (Å²) in [6.07, 6.45) is -2.30. The molecule has 0 unspecified atom stereocenters. The highest BCUT2D eigenvalue weighted by Crippen LogP contribution is 2.34. The Hall–Kier alpha value is -2.29. The predicted molar refractivity (Wildman–Crippen MR) is 82.8 cm³/mol. The van der Waals surface area contributed by atoms with Crippen molar-refractivity contribution in [2.24, 2.45) is 5.10 Å². The number of pyridine rings is 1. The van der Waals surface area contributed by atoms with E-state index in [1.807, 2.05) is 0 Å². The van der Waals surface area contributed by atoms with Crippen LogP contribution in [-0.4, -0.2) is 23.4 Å². The molecule has 0 fully saturated rings. The number of aromatic hydroxyl groups is 1. The Kier molecular flexibility index (Phi) is 5.09. The molecule has 1 heterocycles. The maximum absolute atomic E-state index is 12.4. The van der Waals surface area contributed by atoms with Gasteiger partial charge in [0.1, 0.15) is 5.82 Å². The van der Waals surface area contributed by atoms with Crippen molar-refractivity contribution in [3.8, 4) is 11.5 Å². The molecule has 2 rings (SSSR count). The number of rotatable bonds is 4. The molecule has 23 heavy (non-hydrogen) atoms. The molecule has 0 atom stereocenters. The van der Waals surface area contributed by atoms with Gasteiger partial charge < -0.3 is 9.84 Å². The molecule has 1 aromatic carbocycles. The Balaban J connectivity index is 2.09. The zero-order valence-corrected chi connectivity index (χ0v) is 13.3. The predicted octanol–water partition coefficient (Wildman–Crippen LogP) is 4.02. The maximum Gasteiger partial charge on any atom is 0.417 e. The van der Waals surface area contributed by atoms with Gasteiger partial charge in [-0.05, 0) is 45.8 Å². The molecule has 0 radical (unpaired) electrons. The number of hydrazone groups is 1. The SMILES string of the molecule is COc1cc(/C=N/Nc2ccc(C(F)(F)F)cn2)cc(Br)c1O. The van der Waals surface area contributed by atoms with Crippen molar-refractivity contribution in [2.45, 2.75) is 6.18 Å². The summed E-state index contributed by atoms with van der Waals surface area (Å²) in [5, 5.41) is 13.6. The number of aromatic nitrogens is 1. The van der Waals surface area contributed by atoms with Crippen LogP contribution in [0.3, 0.4) is 0 Å². The fourth-order valence-corrected chi connectivity index (χ4v) is 2.08. The van der Waals surface area contributed by atoms with Gasteiger partial charge in [-0.3, -0.25) is 5.43 Å². The van der Waals surface area contributed by atoms with Crippen LogP contribution in [-0.2, 0) is 6.18 Å². The Morgan fingerprint density at radius 1 is 1.35 bits per heavy atom. The molecule has 0 bridgehead atoms. The van der Waals surface area contributed by atoms with Crippen molar-refractivity contribution in [3.05, 3.63) is 46.1 Å². The van der Waals surface area contributed by atoms with Crippen LogP contribution >= 0.6 is 15.9 Å². The highest BCUT2D eigenvalue weighted by Gasteiger charge is 2.30. The number of phenols is 1. The lowest BCUT2D eigenvalue weighted by Crippen LogP contribution is -2.05. The van der Waals surface area contributed by atoms with Crippen molar-refractivity contribution >= 4 is 28.0 Å². The number of alkyl halides is 3. The number of halogens is 4. The topological polar surface area (TPSA) is 66.7 Å². The minimum atomic E-state index is -4.43. The molecule has 5 nitrogen and oxygen atoms in total. The minimum absolute atomic E-state index is 0.0398. The molecule has 2 N–H and O–H groups in total. The van der Waals surface area contributed by atoms with Gasteiger partial charge in [0.05, 0.1) is 23.4 Å². The lowest BCUT2D eigenvalue weighted by atomic mass is 10.2. The number of hydrogen-bond acceptors (Lipinski definition) is 5. The van der Waals surface area contributed by atoms with Gasteiger partial charge in [0.2, 0.25) is 0 Å². The summed E-state index contributed by atoms with van der Waals surface area (Å²) in [7, 11) is 1.41. The number of hydrogen-bond donors (Lipinski definition) is 2. The molecule has 9 heteroatoms. The summed E-state index contributed by atoms with van der Waals surface area (Å²) in [6.45, 7) is 0. The first-order chi connectivity index (χ1) is 10.8. The van der Waals surface area contributed by atoms with Crippen molar-refractivity contribution in [1.82, 2.24) is 4.98 Å². The summed E-state index contributed by atoms with van der Waals surface area (Å²) < 4.78 is 42.6. The van der Waals surface area contributed by atoms with Gasteiger partial charge in [-0.2, -0.15) is 18.3 Å². The Morgan fingerprint density at radius 3 is 2.65 bits per heavy atom. The van der Waals surface area contributed by atoms with Crippen molar-refractivity contribution < 1.29 is 23.0 Å². The number of nitrogens with zero attached hydrogens (tertiary/aromatic N) is 2. The van der Waals surface area contributed by atoms with Crippen LogP contribution in [0.2, 0.25) is 0 Å². The highest BCUT2D eigenvalue weighted by atomic mass is 79.9. The summed E-state index contributed by atoms with van der Waals surface area (Å²) in [5.74, 6) is 0.384. The average molecular weight is 390 g/mol. The Bertz CT molecular complexity index is 718. The van der Waals surface area contributed by atoms with E-state index < -0.39 is 11.7 Å². The Morgan fingerprint density at radius 2 is 2.09 bits per heavy atom. The highest BCUT2D eigenvalue weighted by molar-refractivity contribution is 9.10. The number of phenolic OH excluding ortho intramolecular Hbond substituents is 1. The van der Waals surface area contributed by atoms with Crippen molar-refractivity contribution in [3.63, 3.8) is 0 Å². The second-order valence-electron chi connectivity index (χ2n) is 4.35. The van der Waals surface area contributed by atoms with E-state index in [4.69, 9.17) is 4.74 Å². The van der Waals surface area contributed by atoms with Crippen LogP contribution < -0.4 is 10.2 Å². The largest absolute Gasteiger partial charge is 0.503 e. The zero-order valence-electron chi connectivity index (χ0n) is 11.7. The van der Waals surface area contributed by atoms with E-state index in [0.29, 0.717) is 10.0 Å². The normalized spacial score (nSPS) is 11.7. The molecule has 0 spiro atoms. The molecule has 0 aliphatic rings. The van der Waals surface area contributed by atoms with Gasteiger partial charge in [0.25, 0.3) is 0 Å². The van der Waals surface area contributed by atoms with Crippen LogP contribution in [0, 0.1) is 0 Å². The molecule has 2 aromatic rings. The van der Waals surface area contributed by atoms with Crippen molar-refractivity contribution in [1.29, 1.82) is 0 Å². The fourth-order valence-electron chi connectivity index (χ4n) is 1.62. The molecule has 0 saturated carbocycles. The van der Waals surface area contributed by atoms with E-state index >= 15 is 0 Å². The minimum Gasteiger partial charge on any atom is -0.503 e. The first-order valence-corrected chi connectivity index (χ1v) is 6.99. The quantitative estimate of drug-likeness (QED) is 0.612. The Labute approximate surface area is 137 Å². The number of ether oxygens (including phenoxy) is 1. The molecule has 0 aliphatic heterocycles. The van der Waals surface area contributed by atoms with Crippen LogP contribution in [0.1, 0.15) is 11.1 Å². The van der Waals surface area contributed by atoms with Gasteiger partial charge in [-0.25, -0.2) is 4.98 Å². The smallest absolute Gasteiger partial charge is 0.417 e. The molecule has 122 valence electrons. The average Bonchev–Trinajstić information content (AvgIpc) is 2.50. The lowest BCUT2D eigenvalue weighted by Gasteiger charge is -2.07. The van der Waals surface area contributed by atoms with E-state index in [-0.39, 0.29) is 17.3 Å². The van der Waals surface area contributed by atoms with E-state index in [9.17, 15) is 18.3 Å². The van der Waals surface area contributed by atoms with Crippen LogP contribution in [0.4, 0.5) is 19.0 Å². The number of methoxy groups -OCH3 is 1. The third-order valence-corrected chi connectivity index (χ3v) is 3.36. The third kappa shape index (κ3) is 4.35. The van der Waals surface area contributed by atoms with E-state index in [1.54, 1.807) is 12.1 Å². The summed E-state index contributed by atoms with van der Waals surface area (Å²) in [4.78, 5) is 3.62. The summed E-state index contributed by atoms with van der Waals surface area (Å²) in [6, 6.07) is 5.23. The van der Waals surface area contributed by atoms with Crippen molar-refractivity contribution in [2.75, 3.05) is 12.5 Å². The second kappa shape index (κ2) is 6.86. The zero-order chi connectivity index (χ0) is 17.0. The number of benzene rings is 1. The standard InChI is InChI=1S/C14H11BrF3N3O2/c1-23-11-5-8(4-10(15)13(11)22)6-20-21-12-3-2-9(7-19-12)14(16,17)18/h2-7,22H,1H3,(H,19,21)/b20-6+. The summed E-state index contributed by atoms with van der Waals surface area (Å²) in [5.41, 5.74) is 2.28. The molecule has 0 aliphatic carbocycles. The molecule has 1 aromatic heterocycles. The molecule has 0 amide bonds. The molecular weight excluding hydrogens is 379 g/mol. The van der Waals surface area contributed by atoms with E-state index in [1.165, 1.54) is 19.4 Å². The molecular formula is C14H11BrF3N3O2. The third-order valence-electron chi connectivity index (χ3n) is 2.75. The lowest BCUT2D eigenvalue weighted by molar-refractivity contribution is -0.137. The fraction of sp³-hybridized carbons (Fsp3) is 0.143. The van der Waals surface area contributed by atoms with E-state index in [2.05, 4.69) is 31.4 Å². The maximum atomic E-state index is 12.4. The van der Waals surface area contributed by atoms with Gasteiger partial charge in [-0.1, -0.05) is 0 Å². The number of anilines is 1. The van der Waals surface area contributed by atoms with Gasteiger partial charge >= 0.3 is 6.18 Å². The van der Waals surface area contributed by atoms with Crippen LogP contribution in [0.5, 0.6) is 11.5 Å². The number of nitrogens with one attached hydrogen (secondary N) is 1. The second-order valence-corrected chi connectivity index (χ2v) is 5.21. The van der Waals surface area contributed by atoms with Gasteiger partial charge in [0.15, 0.2) is 11.5 Å². The van der Waals surface area contributed by atoms with Gasteiger partial charge in [-0.15, -0.1) is 0 Å². The summed E-state index contributed by atoms with van der Waals surface area (Å²) >= 11 is 3.17. The monoisotopic (exact) mass is 389 g/mol. The van der Waals surface area contributed by atoms with Crippen LogP contribution in [0.15, 0.2) is 40.0 Å². The van der Waals surface area contributed by atoms with Gasteiger partial charge in [0, 0.05) is 6.20 Å².